The average molecular weight is 249 g/mol. The minimum Gasteiger partial charge on any atom is -0.505 e. The number of carbonyl (C=O) groups excluding carboxylic acids is 2. The molecule has 2 amide bonds. The highest BCUT2D eigenvalue weighted by molar-refractivity contribution is 5.95. The molecule has 1 saturated heterocycles. The molecular formula is C12H15N3O3. The normalized spacial score (nSPS) is 20.2. The van der Waals surface area contributed by atoms with Gasteiger partial charge >= 0.3 is 0 Å². The maximum absolute atomic E-state index is 12.3. The van der Waals surface area contributed by atoms with E-state index in [1.54, 1.807) is 11.0 Å². The second-order valence-electron chi connectivity index (χ2n) is 4.27. The second kappa shape index (κ2) is 5.03. The van der Waals surface area contributed by atoms with E-state index in [0.29, 0.717) is 13.1 Å². The molecule has 1 atom stereocenters. The van der Waals surface area contributed by atoms with Crippen LogP contribution in [0.5, 0.6) is 5.75 Å². The van der Waals surface area contributed by atoms with Crippen LogP contribution in [0.1, 0.15) is 23.8 Å². The molecule has 0 aromatic carbocycles. The van der Waals surface area contributed by atoms with Crippen LogP contribution in [0, 0.1) is 0 Å². The van der Waals surface area contributed by atoms with E-state index in [2.05, 4.69) is 10.3 Å². The van der Waals surface area contributed by atoms with Gasteiger partial charge in [-0.3, -0.25) is 9.59 Å². The Bertz CT molecular complexity index is 475. The van der Waals surface area contributed by atoms with Crippen molar-refractivity contribution in [3.8, 4) is 5.75 Å². The Labute approximate surface area is 105 Å². The molecule has 2 heterocycles. The summed E-state index contributed by atoms with van der Waals surface area (Å²) in [7, 11) is 0. The lowest BCUT2D eigenvalue weighted by Gasteiger charge is -2.26. The lowest BCUT2D eigenvalue weighted by atomic mass is 10.2. The molecule has 0 radical (unpaired) electrons. The summed E-state index contributed by atoms with van der Waals surface area (Å²) in [6.07, 6.45) is 1.72. The monoisotopic (exact) mass is 249 g/mol. The average Bonchev–Trinajstić information content (AvgIpc) is 2.52. The Morgan fingerprint density at radius 1 is 1.61 bits per heavy atom. The van der Waals surface area contributed by atoms with Crippen LogP contribution < -0.4 is 5.32 Å². The fourth-order valence-corrected chi connectivity index (χ4v) is 1.90. The van der Waals surface area contributed by atoms with Crippen molar-refractivity contribution in [2.24, 2.45) is 0 Å². The SMILES string of the molecule is CC1CNC(=O)CCN1C(=O)c1ncccc1O. The fraction of sp³-hybridized carbons (Fsp3) is 0.417. The Balaban J connectivity index is 2.22. The van der Waals surface area contributed by atoms with E-state index in [1.165, 1.54) is 12.3 Å². The molecule has 0 bridgehead atoms. The van der Waals surface area contributed by atoms with Crippen LogP contribution in [-0.2, 0) is 4.79 Å². The van der Waals surface area contributed by atoms with Crippen molar-refractivity contribution in [3.63, 3.8) is 0 Å². The van der Waals surface area contributed by atoms with Gasteiger partial charge in [-0.15, -0.1) is 0 Å². The summed E-state index contributed by atoms with van der Waals surface area (Å²) in [6, 6.07) is 2.86. The van der Waals surface area contributed by atoms with E-state index in [0.717, 1.165) is 0 Å². The summed E-state index contributed by atoms with van der Waals surface area (Å²) in [5.41, 5.74) is 0.0266. The van der Waals surface area contributed by atoms with Crippen molar-refractivity contribution in [1.82, 2.24) is 15.2 Å². The molecule has 2 rings (SSSR count). The summed E-state index contributed by atoms with van der Waals surface area (Å²) < 4.78 is 0. The highest BCUT2D eigenvalue weighted by Crippen LogP contribution is 2.17. The number of aromatic hydroxyl groups is 1. The predicted molar refractivity (Wildman–Crippen MR) is 64.0 cm³/mol. The summed E-state index contributed by atoms with van der Waals surface area (Å²) in [4.78, 5) is 29.0. The molecule has 0 saturated carbocycles. The van der Waals surface area contributed by atoms with Crippen molar-refractivity contribution in [1.29, 1.82) is 0 Å². The van der Waals surface area contributed by atoms with Crippen LogP contribution in [0.2, 0.25) is 0 Å². The minimum atomic E-state index is -0.350. The van der Waals surface area contributed by atoms with Gasteiger partial charge in [0.05, 0.1) is 0 Å². The van der Waals surface area contributed by atoms with E-state index < -0.39 is 0 Å². The first-order valence-corrected chi connectivity index (χ1v) is 5.81. The molecule has 6 nitrogen and oxygen atoms in total. The zero-order chi connectivity index (χ0) is 13.1. The largest absolute Gasteiger partial charge is 0.505 e. The third kappa shape index (κ3) is 2.42. The van der Waals surface area contributed by atoms with E-state index in [-0.39, 0.29) is 35.7 Å². The van der Waals surface area contributed by atoms with Crippen LogP contribution >= 0.6 is 0 Å². The van der Waals surface area contributed by atoms with E-state index >= 15 is 0 Å². The van der Waals surface area contributed by atoms with Gasteiger partial charge in [-0.1, -0.05) is 0 Å². The lowest BCUT2D eigenvalue weighted by Crippen LogP contribution is -2.42. The Morgan fingerprint density at radius 3 is 3.11 bits per heavy atom. The molecule has 18 heavy (non-hydrogen) atoms. The first kappa shape index (κ1) is 12.3. The van der Waals surface area contributed by atoms with Gasteiger partial charge in [0.15, 0.2) is 5.69 Å². The van der Waals surface area contributed by atoms with Crippen LogP contribution in [0.15, 0.2) is 18.3 Å². The summed E-state index contributed by atoms with van der Waals surface area (Å²) in [5, 5.41) is 12.4. The quantitative estimate of drug-likeness (QED) is 0.741. The molecule has 1 aliphatic rings. The zero-order valence-electron chi connectivity index (χ0n) is 10.1. The maximum Gasteiger partial charge on any atom is 0.276 e. The van der Waals surface area contributed by atoms with Crippen molar-refractivity contribution in [2.45, 2.75) is 19.4 Å². The molecule has 0 aliphatic carbocycles. The van der Waals surface area contributed by atoms with Gasteiger partial charge in [0.1, 0.15) is 5.75 Å². The highest BCUT2D eigenvalue weighted by atomic mass is 16.3. The van der Waals surface area contributed by atoms with Gasteiger partial charge in [-0.2, -0.15) is 0 Å². The number of hydrogen-bond donors (Lipinski definition) is 2. The van der Waals surface area contributed by atoms with E-state index in [4.69, 9.17) is 0 Å². The first-order valence-electron chi connectivity index (χ1n) is 5.81. The van der Waals surface area contributed by atoms with Crippen molar-refractivity contribution < 1.29 is 14.7 Å². The maximum atomic E-state index is 12.3. The van der Waals surface area contributed by atoms with Crippen LogP contribution in [0.25, 0.3) is 0 Å². The predicted octanol–water partition coefficient (Wildman–Crippen LogP) is 0.138. The molecule has 2 N–H and O–H groups in total. The molecule has 1 aromatic heterocycles. The summed E-state index contributed by atoms with van der Waals surface area (Å²) in [6.45, 7) is 2.60. The van der Waals surface area contributed by atoms with Crippen LogP contribution in [-0.4, -0.2) is 45.9 Å². The molecule has 1 fully saturated rings. The fourth-order valence-electron chi connectivity index (χ4n) is 1.90. The van der Waals surface area contributed by atoms with Gasteiger partial charge in [0.25, 0.3) is 5.91 Å². The topological polar surface area (TPSA) is 82.5 Å². The Hall–Kier alpha value is -2.11. The van der Waals surface area contributed by atoms with Crippen molar-refractivity contribution >= 4 is 11.8 Å². The Kier molecular flexibility index (Phi) is 3.45. The number of aromatic nitrogens is 1. The molecule has 0 spiro atoms. The number of nitrogens with one attached hydrogen (secondary N) is 1. The summed E-state index contributed by atoms with van der Waals surface area (Å²) >= 11 is 0. The number of pyridine rings is 1. The summed E-state index contributed by atoms with van der Waals surface area (Å²) in [5.74, 6) is -0.558. The van der Waals surface area contributed by atoms with E-state index in [1.807, 2.05) is 6.92 Å². The molecule has 1 aliphatic heterocycles. The van der Waals surface area contributed by atoms with Crippen molar-refractivity contribution in [3.05, 3.63) is 24.0 Å². The molecule has 1 unspecified atom stereocenters. The molecule has 6 heteroatoms. The van der Waals surface area contributed by atoms with Gasteiger partial charge in [0.2, 0.25) is 5.91 Å². The van der Waals surface area contributed by atoms with Crippen molar-refractivity contribution in [2.75, 3.05) is 13.1 Å². The highest BCUT2D eigenvalue weighted by Gasteiger charge is 2.27. The van der Waals surface area contributed by atoms with Gasteiger partial charge < -0.3 is 15.3 Å². The lowest BCUT2D eigenvalue weighted by molar-refractivity contribution is -0.120. The van der Waals surface area contributed by atoms with Gasteiger partial charge in [-0.25, -0.2) is 4.98 Å². The number of hydrogen-bond acceptors (Lipinski definition) is 4. The first-order chi connectivity index (χ1) is 8.59. The third-order valence-corrected chi connectivity index (χ3v) is 2.96. The molecular weight excluding hydrogens is 234 g/mol. The van der Waals surface area contributed by atoms with Crippen LogP contribution in [0.4, 0.5) is 0 Å². The smallest absolute Gasteiger partial charge is 0.276 e. The molecule has 1 aromatic rings. The number of carbonyl (C=O) groups is 2. The second-order valence-corrected chi connectivity index (χ2v) is 4.27. The standard InChI is InChI=1S/C12H15N3O3/c1-8-7-14-10(17)4-6-15(8)12(18)11-9(16)3-2-5-13-11/h2-3,5,8,16H,4,6-7H2,1H3,(H,14,17). The third-order valence-electron chi connectivity index (χ3n) is 2.96. The molecule has 96 valence electrons. The number of rotatable bonds is 1. The number of amides is 2. The minimum absolute atomic E-state index is 0.0266. The Morgan fingerprint density at radius 2 is 2.39 bits per heavy atom. The van der Waals surface area contributed by atoms with E-state index in [9.17, 15) is 14.7 Å². The van der Waals surface area contributed by atoms with Gasteiger partial charge in [0, 0.05) is 31.7 Å². The van der Waals surface area contributed by atoms with Crippen LogP contribution in [0.3, 0.4) is 0 Å². The van der Waals surface area contributed by atoms with Gasteiger partial charge in [-0.05, 0) is 19.1 Å². The zero-order valence-corrected chi connectivity index (χ0v) is 10.1. The number of nitrogens with zero attached hydrogens (tertiary/aromatic N) is 2.